The highest BCUT2D eigenvalue weighted by Gasteiger charge is 2.19. The van der Waals surface area contributed by atoms with E-state index >= 15 is 0 Å². The van der Waals surface area contributed by atoms with Gasteiger partial charge in [0, 0.05) is 23.0 Å². The summed E-state index contributed by atoms with van der Waals surface area (Å²) in [5.74, 6) is 0.271. The summed E-state index contributed by atoms with van der Waals surface area (Å²) in [6.45, 7) is 1.90. The Balaban J connectivity index is 1.80. The van der Waals surface area contributed by atoms with Gasteiger partial charge in [-0.05, 0) is 55.0 Å². The number of fused-ring (bicyclic) bond motifs is 1. The molecule has 136 valence electrons. The first-order valence-electron chi connectivity index (χ1n) is 8.30. The largest absolute Gasteiger partial charge is 0.377 e. The third-order valence-corrected chi connectivity index (χ3v) is 5.78. The first kappa shape index (κ1) is 17.6. The lowest BCUT2D eigenvalue weighted by atomic mass is 10.1. The van der Waals surface area contributed by atoms with Crippen molar-refractivity contribution in [3.8, 4) is 16.9 Å². The molecule has 0 bridgehead atoms. The van der Waals surface area contributed by atoms with Crippen molar-refractivity contribution in [3.05, 3.63) is 89.7 Å². The van der Waals surface area contributed by atoms with Gasteiger partial charge in [-0.2, -0.15) is 8.42 Å². The van der Waals surface area contributed by atoms with Crippen molar-refractivity contribution >= 4 is 27.2 Å². The molecule has 0 aliphatic heterocycles. The number of pyridine rings is 1. The third-order valence-electron chi connectivity index (χ3n) is 4.28. The van der Waals surface area contributed by atoms with E-state index in [1.165, 1.54) is 0 Å². The molecule has 0 unspecified atom stereocenters. The maximum absolute atomic E-state index is 12.7. The molecule has 0 atom stereocenters. The molecule has 2 heterocycles. The van der Waals surface area contributed by atoms with Crippen LogP contribution in [0.1, 0.15) is 5.56 Å². The fraction of sp³-hybridized carbons (Fsp3) is 0.0476. The standard InChI is InChI=1S/C21H16ClNO3S/c1-15-4-10-19(11-5-15)27(24,25)26-21-13-17(14-23-12-2-3-20(21)23)16-6-8-18(22)9-7-16/h2-14H,1H3. The molecule has 2 aromatic heterocycles. The zero-order valence-electron chi connectivity index (χ0n) is 14.5. The lowest BCUT2D eigenvalue weighted by Crippen LogP contribution is -2.10. The minimum atomic E-state index is -3.94. The summed E-state index contributed by atoms with van der Waals surface area (Å²) in [6.07, 6.45) is 3.77. The van der Waals surface area contributed by atoms with Crippen molar-refractivity contribution in [3.63, 3.8) is 0 Å². The van der Waals surface area contributed by atoms with Crippen LogP contribution in [0.2, 0.25) is 5.02 Å². The Morgan fingerprint density at radius 3 is 2.33 bits per heavy atom. The monoisotopic (exact) mass is 397 g/mol. The quantitative estimate of drug-likeness (QED) is 0.437. The highest BCUT2D eigenvalue weighted by atomic mass is 35.5. The minimum absolute atomic E-state index is 0.120. The number of rotatable bonds is 4. The summed E-state index contributed by atoms with van der Waals surface area (Å²) in [7, 11) is -3.94. The second kappa shape index (κ2) is 6.76. The van der Waals surface area contributed by atoms with E-state index < -0.39 is 10.1 Å². The second-order valence-electron chi connectivity index (χ2n) is 6.25. The van der Waals surface area contributed by atoms with Gasteiger partial charge in [-0.3, -0.25) is 0 Å². The van der Waals surface area contributed by atoms with Crippen LogP contribution in [0.5, 0.6) is 5.75 Å². The van der Waals surface area contributed by atoms with Gasteiger partial charge in [-0.1, -0.05) is 41.4 Å². The number of nitrogens with zero attached hydrogens (tertiary/aromatic N) is 1. The molecule has 4 rings (SSSR count). The average molecular weight is 398 g/mol. The van der Waals surface area contributed by atoms with Crippen LogP contribution in [0.15, 0.2) is 84.0 Å². The van der Waals surface area contributed by atoms with E-state index in [-0.39, 0.29) is 10.6 Å². The number of aromatic nitrogens is 1. The van der Waals surface area contributed by atoms with Gasteiger partial charge in [0.1, 0.15) is 4.90 Å². The van der Waals surface area contributed by atoms with Gasteiger partial charge in [-0.15, -0.1) is 0 Å². The van der Waals surface area contributed by atoms with E-state index in [4.69, 9.17) is 15.8 Å². The molecular formula is C21H16ClNO3S. The Kier molecular flexibility index (Phi) is 4.42. The van der Waals surface area contributed by atoms with Gasteiger partial charge in [0.05, 0.1) is 5.52 Å². The van der Waals surface area contributed by atoms with E-state index in [2.05, 4.69) is 0 Å². The number of benzene rings is 2. The Labute approximate surface area is 162 Å². The summed E-state index contributed by atoms with van der Waals surface area (Å²) in [5, 5.41) is 0.638. The summed E-state index contributed by atoms with van der Waals surface area (Å²) >= 11 is 5.96. The molecule has 4 nitrogen and oxygen atoms in total. The lowest BCUT2D eigenvalue weighted by Gasteiger charge is -2.12. The number of aryl methyl sites for hydroxylation is 1. The highest BCUT2D eigenvalue weighted by molar-refractivity contribution is 7.87. The first-order valence-corrected chi connectivity index (χ1v) is 10.1. The molecule has 0 radical (unpaired) electrons. The predicted octanol–water partition coefficient (Wildman–Crippen LogP) is 5.34. The van der Waals surface area contributed by atoms with Gasteiger partial charge in [0.2, 0.25) is 0 Å². The zero-order chi connectivity index (χ0) is 19.0. The van der Waals surface area contributed by atoms with Gasteiger partial charge in [0.15, 0.2) is 5.75 Å². The Bertz CT molecular complexity index is 1210. The second-order valence-corrected chi connectivity index (χ2v) is 8.23. The molecule has 0 fully saturated rings. The van der Waals surface area contributed by atoms with Crippen LogP contribution in [0.3, 0.4) is 0 Å². The van der Waals surface area contributed by atoms with E-state index in [1.807, 2.05) is 48.0 Å². The molecular weight excluding hydrogens is 382 g/mol. The Hall–Kier alpha value is -2.76. The molecule has 0 amide bonds. The van der Waals surface area contributed by atoms with Crippen LogP contribution in [0.25, 0.3) is 16.6 Å². The fourth-order valence-electron chi connectivity index (χ4n) is 2.86. The van der Waals surface area contributed by atoms with Crippen molar-refractivity contribution < 1.29 is 12.6 Å². The summed E-state index contributed by atoms with van der Waals surface area (Å²) in [4.78, 5) is 0.120. The van der Waals surface area contributed by atoms with Crippen LogP contribution in [0, 0.1) is 6.92 Å². The zero-order valence-corrected chi connectivity index (χ0v) is 16.0. The van der Waals surface area contributed by atoms with Gasteiger partial charge in [-0.25, -0.2) is 0 Å². The summed E-state index contributed by atoms with van der Waals surface area (Å²) in [5.41, 5.74) is 3.38. The number of hydrogen-bond donors (Lipinski definition) is 0. The normalized spacial score (nSPS) is 11.6. The molecule has 0 saturated heterocycles. The third kappa shape index (κ3) is 3.56. The van der Waals surface area contributed by atoms with Crippen molar-refractivity contribution in [2.45, 2.75) is 11.8 Å². The Morgan fingerprint density at radius 2 is 1.63 bits per heavy atom. The van der Waals surface area contributed by atoms with E-state index in [0.29, 0.717) is 10.5 Å². The van der Waals surface area contributed by atoms with Crippen molar-refractivity contribution in [2.24, 2.45) is 0 Å². The van der Waals surface area contributed by atoms with Crippen molar-refractivity contribution in [1.82, 2.24) is 4.40 Å². The molecule has 0 aliphatic carbocycles. The van der Waals surface area contributed by atoms with Gasteiger partial charge in [0.25, 0.3) is 0 Å². The number of halogens is 1. The topological polar surface area (TPSA) is 47.8 Å². The fourth-order valence-corrected chi connectivity index (χ4v) is 3.92. The van der Waals surface area contributed by atoms with Crippen molar-refractivity contribution in [1.29, 1.82) is 0 Å². The lowest BCUT2D eigenvalue weighted by molar-refractivity contribution is 0.487. The maximum atomic E-state index is 12.7. The molecule has 2 aromatic carbocycles. The molecule has 27 heavy (non-hydrogen) atoms. The van der Waals surface area contributed by atoms with Crippen LogP contribution < -0.4 is 4.18 Å². The summed E-state index contributed by atoms with van der Waals surface area (Å²) in [6, 6.07) is 19.3. The highest BCUT2D eigenvalue weighted by Crippen LogP contribution is 2.31. The van der Waals surface area contributed by atoms with Gasteiger partial charge < -0.3 is 8.58 Å². The van der Waals surface area contributed by atoms with E-state index in [0.717, 1.165) is 16.7 Å². The predicted molar refractivity (Wildman–Crippen MR) is 107 cm³/mol. The van der Waals surface area contributed by atoms with Crippen LogP contribution in [0.4, 0.5) is 0 Å². The van der Waals surface area contributed by atoms with Crippen molar-refractivity contribution in [2.75, 3.05) is 0 Å². The Morgan fingerprint density at radius 1 is 0.926 bits per heavy atom. The SMILES string of the molecule is Cc1ccc(S(=O)(=O)Oc2cc(-c3ccc(Cl)cc3)cn3cccc23)cc1. The molecule has 0 saturated carbocycles. The number of hydrogen-bond acceptors (Lipinski definition) is 3. The first-order chi connectivity index (χ1) is 12.9. The van der Waals surface area contributed by atoms with Crippen LogP contribution in [-0.4, -0.2) is 12.8 Å². The molecule has 0 spiro atoms. The minimum Gasteiger partial charge on any atom is -0.377 e. The maximum Gasteiger partial charge on any atom is 0.339 e. The van der Waals surface area contributed by atoms with Crippen LogP contribution >= 0.6 is 11.6 Å². The van der Waals surface area contributed by atoms with Gasteiger partial charge >= 0.3 is 10.1 Å². The molecule has 0 aliphatic rings. The van der Waals surface area contributed by atoms with E-state index in [1.54, 1.807) is 42.5 Å². The van der Waals surface area contributed by atoms with Crippen LogP contribution in [-0.2, 0) is 10.1 Å². The smallest absolute Gasteiger partial charge is 0.339 e. The average Bonchev–Trinajstić information content (AvgIpc) is 3.11. The summed E-state index contributed by atoms with van der Waals surface area (Å²) < 4.78 is 32.8. The van der Waals surface area contributed by atoms with E-state index in [9.17, 15) is 8.42 Å². The molecule has 0 N–H and O–H groups in total. The molecule has 4 aromatic rings. The molecule has 6 heteroatoms.